The highest BCUT2D eigenvalue weighted by molar-refractivity contribution is 5.70. The van der Waals surface area contributed by atoms with Gasteiger partial charge in [0.1, 0.15) is 12.4 Å². The fourth-order valence-electron chi connectivity index (χ4n) is 4.63. The van der Waals surface area contributed by atoms with Crippen LogP contribution in [0.3, 0.4) is 0 Å². The number of hydrogen-bond acceptors (Lipinski definition) is 9. The van der Waals surface area contributed by atoms with Gasteiger partial charge in [-0.1, -0.05) is 44.2 Å². The molecule has 1 fully saturated rings. The van der Waals surface area contributed by atoms with E-state index >= 15 is 0 Å². The molecule has 0 unspecified atom stereocenters. The van der Waals surface area contributed by atoms with E-state index in [2.05, 4.69) is 10.3 Å². The first kappa shape index (κ1) is 28.1. The number of anilines is 1. The van der Waals surface area contributed by atoms with Gasteiger partial charge < -0.3 is 29.2 Å². The maximum Gasteiger partial charge on any atom is 0.410 e. The summed E-state index contributed by atoms with van der Waals surface area (Å²) in [4.78, 5) is 28.9. The Labute approximate surface area is 229 Å². The maximum absolute atomic E-state index is 12.9. The quantitative estimate of drug-likeness (QED) is 0.379. The molecular weight excluding hydrogens is 498 g/mol. The molecule has 1 aromatic carbocycles. The second kappa shape index (κ2) is 13.2. The molecule has 0 bridgehead atoms. The average molecular weight is 536 g/mol. The van der Waals surface area contributed by atoms with Gasteiger partial charge in [0.15, 0.2) is 0 Å². The summed E-state index contributed by atoms with van der Waals surface area (Å²) in [5.74, 6) is 1.58. The molecule has 208 valence electrons. The standard InChI is InChI=1S/C29H37N5O5/c1-6-21-26(20-14-15-25(36-4)33-28(20)37-5)30-22(7-2)27(31-21)32-23-16-34(17-24(23)38-8-3)29(35)39-18-19-12-10-9-11-13-19/h9-15,23-24H,6-8,16-18H2,1-5H3,(H,31,32)/t23-,24+/m1/s1. The normalized spacial score (nSPS) is 16.7. The fraction of sp³-hybridized carbons (Fsp3) is 0.448. The number of methoxy groups -OCH3 is 2. The number of aryl methyl sites for hydroxylation is 2. The highest BCUT2D eigenvalue weighted by Gasteiger charge is 2.37. The molecule has 0 spiro atoms. The van der Waals surface area contributed by atoms with E-state index in [0.717, 1.165) is 28.2 Å². The number of pyridine rings is 1. The zero-order chi connectivity index (χ0) is 27.8. The molecule has 3 heterocycles. The zero-order valence-corrected chi connectivity index (χ0v) is 23.3. The number of nitrogens with zero attached hydrogens (tertiary/aromatic N) is 4. The molecule has 1 N–H and O–H groups in total. The Balaban J connectivity index is 1.56. The number of ether oxygens (including phenoxy) is 4. The van der Waals surface area contributed by atoms with Crippen LogP contribution in [0.15, 0.2) is 42.5 Å². The van der Waals surface area contributed by atoms with Crippen LogP contribution in [0.4, 0.5) is 10.6 Å². The topological polar surface area (TPSA) is 108 Å². The van der Waals surface area contributed by atoms with E-state index in [9.17, 15) is 4.79 Å². The molecule has 4 rings (SSSR count). The lowest BCUT2D eigenvalue weighted by Crippen LogP contribution is -2.35. The Bertz CT molecular complexity index is 1260. The molecule has 0 aliphatic carbocycles. The van der Waals surface area contributed by atoms with Gasteiger partial charge in [-0.2, -0.15) is 4.98 Å². The number of benzene rings is 1. The molecule has 1 aliphatic rings. The van der Waals surface area contributed by atoms with Crippen LogP contribution in [0.2, 0.25) is 0 Å². The molecule has 39 heavy (non-hydrogen) atoms. The minimum Gasteiger partial charge on any atom is -0.481 e. The monoisotopic (exact) mass is 535 g/mol. The smallest absolute Gasteiger partial charge is 0.410 e. The largest absolute Gasteiger partial charge is 0.481 e. The van der Waals surface area contributed by atoms with E-state index in [1.807, 2.05) is 57.2 Å². The number of carbonyl (C=O) groups excluding carboxylic acids is 1. The van der Waals surface area contributed by atoms with Crippen molar-refractivity contribution in [3.63, 3.8) is 0 Å². The first-order chi connectivity index (χ1) is 19.0. The van der Waals surface area contributed by atoms with E-state index in [0.29, 0.717) is 50.1 Å². The first-order valence-corrected chi connectivity index (χ1v) is 13.3. The molecule has 1 amide bonds. The van der Waals surface area contributed by atoms with Gasteiger partial charge >= 0.3 is 6.09 Å². The second-order valence-electron chi connectivity index (χ2n) is 9.12. The Hall–Kier alpha value is -3.92. The fourth-order valence-corrected chi connectivity index (χ4v) is 4.63. The van der Waals surface area contributed by atoms with E-state index in [4.69, 9.17) is 28.9 Å². The lowest BCUT2D eigenvalue weighted by molar-refractivity contribution is 0.0580. The second-order valence-corrected chi connectivity index (χ2v) is 9.12. The summed E-state index contributed by atoms with van der Waals surface area (Å²) in [6, 6.07) is 13.2. The summed E-state index contributed by atoms with van der Waals surface area (Å²) >= 11 is 0. The number of rotatable bonds is 11. The summed E-state index contributed by atoms with van der Waals surface area (Å²) in [5, 5.41) is 3.54. The lowest BCUT2D eigenvalue weighted by Gasteiger charge is -2.22. The first-order valence-electron chi connectivity index (χ1n) is 13.3. The lowest BCUT2D eigenvalue weighted by atomic mass is 10.1. The van der Waals surface area contributed by atoms with Crippen LogP contribution in [-0.2, 0) is 28.9 Å². The van der Waals surface area contributed by atoms with Crippen molar-refractivity contribution in [2.75, 3.05) is 39.2 Å². The number of aromatic nitrogens is 3. The van der Waals surface area contributed by atoms with Crippen molar-refractivity contribution in [3.05, 3.63) is 59.4 Å². The third kappa shape index (κ3) is 6.57. The number of hydrogen-bond donors (Lipinski definition) is 1. The van der Waals surface area contributed by atoms with Gasteiger partial charge in [-0.15, -0.1) is 0 Å². The minimum absolute atomic E-state index is 0.165. The van der Waals surface area contributed by atoms with E-state index in [1.165, 1.54) is 0 Å². The molecule has 3 aromatic rings. The van der Waals surface area contributed by atoms with Crippen molar-refractivity contribution < 1.29 is 23.7 Å². The molecule has 1 saturated heterocycles. The third-order valence-corrected chi connectivity index (χ3v) is 6.63. The highest BCUT2D eigenvalue weighted by atomic mass is 16.6. The minimum atomic E-state index is -0.363. The van der Waals surface area contributed by atoms with Gasteiger partial charge in [0.05, 0.1) is 55.6 Å². The van der Waals surface area contributed by atoms with Gasteiger partial charge in [-0.25, -0.2) is 14.8 Å². The summed E-state index contributed by atoms with van der Waals surface area (Å²) in [5.41, 5.74) is 4.04. The van der Waals surface area contributed by atoms with Crippen LogP contribution < -0.4 is 14.8 Å². The van der Waals surface area contributed by atoms with E-state index in [1.54, 1.807) is 25.2 Å². The van der Waals surface area contributed by atoms with Crippen LogP contribution >= 0.6 is 0 Å². The summed E-state index contributed by atoms with van der Waals surface area (Å²) in [6.45, 7) is 7.65. The molecular formula is C29H37N5O5. The van der Waals surface area contributed by atoms with Gasteiger partial charge in [0.2, 0.25) is 11.8 Å². The Morgan fingerprint density at radius 1 is 0.949 bits per heavy atom. The highest BCUT2D eigenvalue weighted by Crippen LogP contribution is 2.33. The molecule has 2 atom stereocenters. The summed E-state index contributed by atoms with van der Waals surface area (Å²) in [7, 11) is 3.14. The molecule has 0 radical (unpaired) electrons. The number of carbonyl (C=O) groups is 1. The average Bonchev–Trinajstić information content (AvgIpc) is 3.38. The third-order valence-electron chi connectivity index (χ3n) is 6.63. The van der Waals surface area contributed by atoms with Crippen molar-refractivity contribution in [1.29, 1.82) is 0 Å². The number of nitrogens with one attached hydrogen (secondary N) is 1. The summed E-state index contributed by atoms with van der Waals surface area (Å²) in [6.07, 6.45) is 0.751. The van der Waals surface area contributed by atoms with Crippen molar-refractivity contribution in [2.24, 2.45) is 0 Å². The van der Waals surface area contributed by atoms with Gasteiger partial charge in [-0.3, -0.25) is 0 Å². The van der Waals surface area contributed by atoms with Crippen molar-refractivity contribution >= 4 is 11.9 Å². The van der Waals surface area contributed by atoms with Crippen LogP contribution in [0, 0.1) is 0 Å². The molecule has 0 saturated carbocycles. The predicted molar refractivity (Wildman–Crippen MR) is 148 cm³/mol. The van der Waals surface area contributed by atoms with Crippen LogP contribution in [0.25, 0.3) is 11.3 Å². The molecule has 10 heteroatoms. The van der Waals surface area contributed by atoms with Crippen LogP contribution in [-0.4, -0.2) is 72.0 Å². The summed E-state index contributed by atoms with van der Waals surface area (Å²) < 4.78 is 22.4. The Morgan fingerprint density at radius 2 is 1.72 bits per heavy atom. The molecule has 2 aromatic heterocycles. The SMILES string of the molecule is CCO[C@H]1CN(C(=O)OCc2ccccc2)C[C@H]1Nc1nc(CC)c(-c2ccc(OC)nc2OC)nc1CC. The Kier molecular flexibility index (Phi) is 9.54. The molecule has 10 nitrogen and oxygen atoms in total. The van der Waals surface area contributed by atoms with Crippen molar-refractivity contribution in [3.8, 4) is 23.0 Å². The zero-order valence-electron chi connectivity index (χ0n) is 23.3. The van der Waals surface area contributed by atoms with Crippen molar-refractivity contribution in [2.45, 2.75) is 52.4 Å². The van der Waals surface area contributed by atoms with Gasteiger partial charge in [-0.05, 0) is 31.4 Å². The van der Waals surface area contributed by atoms with E-state index in [-0.39, 0.29) is 24.8 Å². The van der Waals surface area contributed by atoms with E-state index < -0.39 is 0 Å². The number of amides is 1. The number of likely N-dealkylation sites (tertiary alicyclic amines) is 1. The van der Waals surface area contributed by atoms with Gasteiger partial charge in [0, 0.05) is 19.2 Å². The van der Waals surface area contributed by atoms with Crippen LogP contribution in [0.5, 0.6) is 11.8 Å². The van der Waals surface area contributed by atoms with Crippen LogP contribution in [0.1, 0.15) is 37.7 Å². The Morgan fingerprint density at radius 3 is 2.38 bits per heavy atom. The van der Waals surface area contributed by atoms with Gasteiger partial charge in [0.25, 0.3) is 0 Å². The molecule has 1 aliphatic heterocycles. The van der Waals surface area contributed by atoms with Crippen molar-refractivity contribution in [1.82, 2.24) is 19.9 Å². The maximum atomic E-state index is 12.9. The predicted octanol–water partition coefficient (Wildman–Crippen LogP) is 4.52.